The number of halogens is 1. The van der Waals surface area contributed by atoms with Gasteiger partial charge in [-0.05, 0) is 61.7 Å². The molecule has 2 amide bonds. The minimum absolute atomic E-state index is 0.0642. The third-order valence-corrected chi connectivity index (χ3v) is 5.16. The number of nitrogens with one attached hydrogen (secondary N) is 3. The Hall–Kier alpha value is -2.71. The van der Waals surface area contributed by atoms with Crippen LogP contribution in [0.15, 0.2) is 51.9 Å². The molecule has 3 rings (SSSR count). The number of hydrogen-bond donors (Lipinski definition) is 3. The summed E-state index contributed by atoms with van der Waals surface area (Å²) in [5.74, 6) is -0.164. The van der Waals surface area contributed by atoms with E-state index in [1.54, 1.807) is 18.2 Å². The predicted molar refractivity (Wildman–Crippen MR) is 122 cm³/mol. The number of aliphatic imine (C=N–C) groups is 1. The van der Waals surface area contributed by atoms with Crippen LogP contribution in [-0.4, -0.2) is 37.0 Å². The van der Waals surface area contributed by atoms with Crippen LogP contribution in [0.2, 0.25) is 0 Å². The van der Waals surface area contributed by atoms with Gasteiger partial charge in [-0.15, -0.1) is 0 Å². The van der Waals surface area contributed by atoms with Gasteiger partial charge in [0.25, 0.3) is 5.91 Å². The number of benzene rings is 2. The van der Waals surface area contributed by atoms with E-state index in [0.29, 0.717) is 23.8 Å². The molecule has 0 aromatic heterocycles. The molecule has 1 aliphatic rings. The van der Waals surface area contributed by atoms with Crippen molar-refractivity contribution in [2.75, 3.05) is 23.8 Å². The number of guanidine groups is 1. The molecule has 8 heteroatoms. The molecule has 0 radical (unpaired) electrons. The standard InChI is InChI=1S/C22H25BrN4O3/c1-14-5-6-16(12-20(14)25-15(2)28)21(29)27-22(24-13-19-4-3-11-30-19)26-18-9-7-17(23)8-10-18/h5-10,12,19H,3-4,11,13H2,1-2H3,(H,25,28)(H2,24,26,27,29)/t19-/m1/s1. The molecule has 0 unspecified atom stereocenters. The van der Waals surface area contributed by atoms with Crippen LogP contribution < -0.4 is 16.0 Å². The summed E-state index contributed by atoms with van der Waals surface area (Å²) in [4.78, 5) is 28.8. The number of anilines is 2. The molecular formula is C22H25BrN4O3. The molecule has 0 saturated carbocycles. The van der Waals surface area contributed by atoms with Crippen LogP contribution in [0, 0.1) is 6.92 Å². The molecule has 3 N–H and O–H groups in total. The Morgan fingerprint density at radius 2 is 1.93 bits per heavy atom. The number of amides is 2. The molecule has 30 heavy (non-hydrogen) atoms. The minimum Gasteiger partial charge on any atom is -0.376 e. The van der Waals surface area contributed by atoms with Gasteiger partial charge in [0.2, 0.25) is 11.9 Å². The third-order valence-electron chi connectivity index (χ3n) is 4.63. The van der Waals surface area contributed by atoms with Gasteiger partial charge < -0.3 is 15.4 Å². The summed E-state index contributed by atoms with van der Waals surface area (Å²) in [5.41, 5.74) is 2.70. The van der Waals surface area contributed by atoms with Crippen LogP contribution in [0.25, 0.3) is 0 Å². The number of nitrogens with zero attached hydrogens (tertiary/aromatic N) is 1. The van der Waals surface area contributed by atoms with Crippen molar-refractivity contribution < 1.29 is 14.3 Å². The monoisotopic (exact) mass is 472 g/mol. The lowest BCUT2D eigenvalue weighted by molar-refractivity contribution is -0.114. The lowest BCUT2D eigenvalue weighted by Gasteiger charge is -2.14. The molecule has 0 bridgehead atoms. The highest BCUT2D eigenvalue weighted by atomic mass is 79.9. The first-order valence-electron chi connectivity index (χ1n) is 9.79. The number of rotatable bonds is 5. The summed E-state index contributed by atoms with van der Waals surface area (Å²) < 4.78 is 6.59. The van der Waals surface area contributed by atoms with Crippen molar-refractivity contribution in [2.45, 2.75) is 32.8 Å². The van der Waals surface area contributed by atoms with Crippen LogP contribution in [0.5, 0.6) is 0 Å². The summed E-state index contributed by atoms with van der Waals surface area (Å²) in [5, 5.41) is 8.74. The Kier molecular flexibility index (Phi) is 7.59. The molecule has 1 saturated heterocycles. The quantitative estimate of drug-likeness (QED) is 0.451. The van der Waals surface area contributed by atoms with Gasteiger partial charge in [-0.2, -0.15) is 0 Å². The zero-order valence-electron chi connectivity index (χ0n) is 17.0. The van der Waals surface area contributed by atoms with Gasteiger partial charge in [0.15, 0.2) is 0 Å². The molecule has 0 spiro atoms. The van der Waals surface area contributed by atoms with Crippen molar-refractivity contribution >= 4 is 45.1 Å². The Balaban J connectivity index is 1.77. The van der Waals surface area contributed by atoms with E-state index in [2.05, 4.69) is 36.9 Å². The minimum atomic E-state index is -0.322. The second kappa shape index (κ2) is 10.4. The molecule has 2 aromatic rings. The van der Waals surface area contributed by atoms with E-state index in [-0.39, 0.29) is 17.9 Å². The predicted octanol–water partition coefficient (Wildman–Crippen LogP) is 4.09. The molecule has 158 valence electrons. The first-order valence-corrected chi connectivity index (χ1v) is 10.6. The lowest BCUT2D eigenvalue weighted by atomic mass is 10.1. The zero-order valence-corrected chi connectivity index (χ0v) is 18.6. The Labute approximate surface area is 184 Å². The smallest absolute Gasteiger partial charge is 0.258 e. The third kappa shape index (κ3) is 6.40. The van der Waals surface area contributed by atoms with Crippen LogP contribution in [0.4, 0.5) is 11.4 Å². The van der Waals surface area contributed by atoms with Crippen molar-refractivity contribution in [3.8, 4) is 0 Å². The van der Waals surface area contributed by atoms with Crippen molar-refractivity contribution in [2.24, 2.45) is 4.99 Å². The van der Waals surface area contributed by atoms with Gasteiger partial charge in [-0.1, -0.05) is 22.0 Å². The van der Waals surface area contributed by atoms with Crippen molar-refractivity contribution in [1.82, 2.24) is 5.32 Å². The molecule has 2 aromatic carbocycles. The Morgan fingerprint density at radius 1 is 1.17 bits per heavy atom. The van der Waals surface area contributed by atoms with Gasteiger partial charge in [0.05, 0.1) is 12.6 Å². The van der Waals surface area contributed by atoms with E-state index in [0.717, 1.165) is 35.2 Å². The van der Waals surface area contributed by atoms with E-state index < -0.39 is 0 Å². The Bertz CT molecular complexity index is 938. The molecular weight excluding hydrogens is 448 g/mol. The Morgan fingerprint density at radius 3 is 2.60 bits per heavy atom. The summed E-state index contributed by atoms with van der Waals surface area (Å²) in [6.07, 6.45) is 2.05. The average Bonchev–Trinajstić information content (AvgIpc) is 3.23. The number of carbonyl (C=O) groups excluding carboxylic acids is 2. The highest BCUT2D eigenvalue weighted by molar-refractivity contribution is 9.10. The van der Waals surface area contributed by atoms with Crippen LogP contribution >= 0.6 is 15.9 Å². The van der Waals surface area contributed by atoms with Crippen molar-refractivity contribution in [3.05, 3.63) is 58.1 Å². The topological polar surface area (TPSA) is 91.8 Å². The maximum absolute atomic E-state index is 12.9. The largest absolute Gasteiger partial charge is 0.376 e. The van der Waals surface area contributed by atoms with Gasteiger partial charge in [-0.3, -0.25) is 14.9 Å². The summed E-state index contributed by atoms with van der Waals surface area (Å²) >= 11 is 3.41. The molecule has 1 fully saturated rings. The maximum Gasteiger partial charge on any atom is 0.258 e. The number of ether oxygens (including phenoxy) is 1. The summed E-state index contributed by atoms with van der Waals surface area (Å²) in [6, 6.07) is 12.8. The molecule has 1 aliphatic heterocycles. The first-order chi connectivity index (χ1) is 14.4. The first kappa shape index (κ1) is 22.0. The second-order valence-electron chi connectivity index (χ2n) is 7.12. The van der Waals surface area contributed by atoms with Crippen molar-refractivity contribution in [1.29, 1.82) is 0 Å². The van der Waals surface area contributed by atoms with Crippen LogP contribution in [0.1, 0.15) is 35.7 Å². The lowest BCUT2D eigenvalue weighted by Crippen LogP contribution is -2.36. The van der Waals surface area contributed by atoms with Gasteiger partial charge in [0, 0.05) is 34.9 Å². The molecule has 1 heterocycles. The number of hydrogen-bond acceptors (Lipinski definition) is 4. The van der Waals surface area contributed by atoms with E-state index in [1.165, 1.54) is 6.92 Å². The number of carbonyl (C=O) groups is 2. The van der Waals surface area contributed by atoms with Crippen LogP contribution in [-0.2, 0) is 9.53 Å². The zero-order chi connectivity index (χ0) is 21.5. The summed E-state index contributed by atoms with van der Waals surface area (Å²) in [7, 11) is 0. The highest BCUT2D eigenvalue weighted by Crippen LogP contribution is 2.18. The van der Waals surface area contributed by atoms with Crippen LogP contribution in [0.3, 0.4) is 0 Å². The second-order valence-corrected chi connectivity index (χ2v) is 8.04. The van der Waals surface area contributed by atoms with E-state index >= 15 is 0 Å². The molecule has 7 nitrogen and oxygen atoms in total. The van der Waals surface area contributed by atoms with Gasteiger partial charge >= 0.3 is 0 Å². The number of aryl methyl sites for hydroxylation is 1. The van der Waals surface area contributed by atoms with E-state index in [4.69, 9.17) is 4.74 Å². The molecule has 1 atom stereocenters. The highest BCUT2D eigenvalue weighted by Gasteiger charge is 2.16. The fraction of sp³-hybridized carbons (Fsp3) is 0.318. The van der Waals surface area contributed by atoms with E-state index in [1.807, 2.05) is 31.2 Å². The maximum atomic E-state index is 12.9. The van der Waals surface area contributed by atoms with Gasteiger partial charge in [-0.25, -0.2) is 4.99 Å². The SMILES string of the molecule is CC(=O)Nc1cc(C(=O)NC(=NC[C@H]2CCCO2)Nc2ccc(Br)cc2)ccc1C. The normalized spacial score (nSPS) is 16.2. The fourth-order valence-corrected chi connectivity index (χ4v) is 3.29. The fourth-order valence-electron chi connectivity index (χ4n) is 3.03. The van der Waals surface area contributed by atoms with Gasteiger partial charge in [0.1, 0.15) is 0 Å². The van der Waals surface area contributed by atoms with E-state index in [9.17, 15) is 9.59 Å². The molecule has 0 aliphatic carbocycles. The van der Waals surface area contributed by atoms with Crippen molar-refractivity contribution in [3.63, 3.8) is 0 Å². The average molecular weight is 473 g/mol. The summed E-state index contributed by atoms with van der Waals surface area (Å²) in [6.45, 7) is 4.52.